The van der Waals surface area contributed by atoms with Crippen molar-refractivity contribution < 1.29 is 0 Å². The van der Waals surface area contributed by atoms with E-state index >= 15 is 0 Å². The van der Waals surface area contributed by atoms with Gasteiger partial charge in [-0.05, 0) is 23.7 Å². The van der Waals surface area contributed by atoms with Gasteiger partial charge in [-0.1, -0.05) is 44.2 Å². The number of hydrogen-bond donors (Lipinski definition) is 1. The Hall–Kier alpha value is -1.35. The maximum atomic E-state index is 5.30. The van der Waals surface area contributed by atoms with Gasteiger partial charge in [-0.2, -0.15) is 0 Å². The van der Waals surface area contributed by atoms with Crippen molar-refractivity contribution in [2.45, 2.75) is 20.4 Å². The third kappa shape index (κ3) is 2.25. The molecule has 2 rings (SSSR count). The third-order valence-electron chi connectivity index (χ3n) is 2.49. The maximum absolute atomic E-state index is 5.30. The monoisotopic (exact) mass is 232 g/mol. The number of hydrogen-bond acceptors (Lipinski definition) is 1. The molecule has 0 aliphatic heterocycles. The summed E-state index contributed by atoms with van der Waals surface area (Å²) in [5, 5.41) is 0. The van der Waals surface area contributed by atoms with Gasteiger partial charge >= 0.3 is 0 Å². The van der Waals surface area contributed by atoms with E-state index in [0.29, 0.717) is 5.92 Å². The molecule has 2 aromatic rings. The van der Waals surface area contributed by atoms with Crippen LogP contribution in [0, 0.1) is 10.7 Å². The number of rotatable bonds is 3. The Kier molecular flexibility index (Phi) is 3.25. The first-order chi connectivity index (χ1) is 7.68. The summed E-state index contributed by atoms with van der Waals surface area (Å²) in [5.41, 5.74) is 2.37. The molecule has 0 atom stereocenters. The average Bonchev–Trinajstić information content (AvgIpc) is 2.61. The lowest BCUT2D eigenvalue weighted by molar-refractivity contribution is 0.522. The quantitative estimate of drug-likeness (QED) is 0.797. The Labute approximate surface area is 101 Å². The molecule has 0 amide bonds. The van der Waals surface area contributed by atoms with E-state index in [4.69, 9.17) is 12.2 Å². The van der Waals surface area contributed by atoms with Crippen molar-refractivity contribution >= 4 is 12.2 Å². The normalized spacial score (nSPS) is 10.9. The smallest absolute Gasteiger partial charge is 0.177 e. The highest BCUT2D eigenvalue weighted by Gasteiger charge is 2.07. The van der Waals surface area contributed by atoms with Crippen molar-refractivity contribution in [3.8, 4) is 11.3 Å². The van der Waals surface area contributed by atoms with Gasteiger partial charge in [0, 0.05) is 12.7 Å². The van der Waals surface area contributed by atoms with Gasteiger partial charge in [-0.15, -0.1) is 0 Å². The second-order valence-corrected chi connectivity index (χ2v) is 4.74. The van der Waals surface area contributed by atoms with Gasteiger partial charge in [0.1, 0.15) is 0 Å². The fraction of sp³-hybridized carbons (Fsp3) is 0.308. The Morgan fingerprint density at radius 3 is 2.56 bits per heavy atom. The lowest BCUT2D eigenvalue weighted by Gasteiger charge is -2.10. The molecule has 2 nitrogen and oxygen atoms in total. The zero-order valence-corrected chi connectivity index (χ0v) is 10.4. The number of nitrogens with one attached hydrogen (secondary N) is 1. The highest BCUT2D eigenvalue weighted by molar-refractivity contribution is 7.71. The van der Waals surface area contributed by atoms with Crippen LogP contribution < -0.4 is 0 Å². The van der Waals surface area contributed by atoms with Crippen molar-refractivity contribution in [1.29, 1.82) is 0 Å². The van der Waals surface area contributed by atoms with Crippen LogP contribution in [0.3, 0.4) is 0 Å². The van der Waals surface area contributed by atoms with Crippen LogP contribution in [0.2, 0.25) is 0 Å². The minimum Gasteiger partial charge on any atom is -0.337 e. The molecule has 0 radical (unpaired) electrons. The lowest BCUT2D eigenvalue weighted by Crippen LogP contribution is -2.05. The van der Waals surface area contributed by atoms with Crippen LogP contribution >= 0.6 is 12.2 Å². The Morgan fingerprint density at radius 2 is 1.94 bits per heavy atom. The van der Waals surface area contributed by atoms with E-state index < -0.39 is 0 Å². The SMILES string of the molecule is CC(C)Cn1c(-c2ccccc2)c[nH]c1=S. The van der Waals surface area contributed by atoms with Gasteiger partial charge in [0.05, 0.1) is 5.69 Å². The van der Waals surface area contributed by atoms with E-state index in [2.05, 4.69) is 35.5 Å². The molecule has 0 aliphatic carbocycles. The summed E-state index contributed by atoms with van der Waals surface area (Å²) >= 11 is 5.30. The van der Waals surface area contributed by atoms with Gasteiger partial charge in [-0.3, -0.25) is 0 Å². The second kappa shape index (κ2) is 4.66. The van der Waals surface area contributed by atoms with E-state index in [1.54, 1.807) is 0 Å². The molecule has 84 valence electrons. The first kappa shape index (κ1) is 11.1. The highest BCUT2D eigenvalue weighted by Crippen LogP contribution is 2.20. The Bertz CT molecular complexity index is 508. The summed E-state index contributed by atoms with van der Waals surface area (Å²) in [6.45, 7) is 5.35. The summed E-state index contributed by atoms with van der Waals surface area (Å²) in [6, 6.07) is 10.3. The fourth-order valence-corrected chi connectivity index (χ4v) is 2.02. The van der Waals surface area contributed by atoms with Crippen LogP contribution in [0.4, 0.5) is 0 Å². The first-order valence-electron chi connectivity index (χ1n) is 5.52. The van der Waals surface area contributed by atoms with Crippen LogP contribution in [0.1, 0.15) is 13.8 Å². The Morgan fingerprint density at radius 1 is 1.25 bits per heavy atom. The van der Waals surface area contributed by atoms with Gasteiger partial charge in [-0.25, -0.2) is 0 Å². The van der Waals surface area contributed by atoms with Crippen molar-refractivity contribution in [3.05, 3.63) is 41.3 Å². The van der Waals surface area contributed by atoms with Gasteiger partial charge in [0.2, 0.25) is 0 Å². The van der Waals surface area contributed by atoms with E-state index in [1.807, 2.05) is 24.4 Å². The van der Waals surface area contributed by atoms with Gasteiger partial charge < -0.3 is 9.55 Å². The predicted molar refractivity (Wildman–Crippen MR) is 69.9 cm³/mol. The minimum absolute atomic E-state index is 0.588. The molecule has 0 aliphatic rings. The number of aromatic amines is 1. The van der Waals surface area contributed by atoms with Crippen LogP contribution in [0.5, 0.6) is 0 Å². The van der Waals surface area contributed by atoms with Crippen molar-refractivity contribution in [3.63, 3.8) is 0 Å². The lowest BCUT2D eigenvalue weighted by atomic mass is 10.1. The molecular weight excluding hydrogens is 216 g/mol. The van der Waals surface area contributed by atoms with Gasteiger partial charge in [0.15, 0.2) is 4.77 Å². The molecule has 3 heteroatoms. The molecule has 0 spiro atoms. The number of H-pyrrole nitrogens is 1. The van der Waals surface area contributed by atoms with E-state index in [0.717, 1.165) is 11.3 Å². The van der Waals surface area contributed by atoms with E-state index in [1.165, 1.54) is 11.3 Å². The van der Waals surface area contributed by atoms with Crippen molar-refractivity contribution in [2.24, 2.45) is 5.92 Å². The first-order valence-corrected chi connectivity index (χ1v) is 5.93. The topological polar surface area (TPSA) is 20.7 Å². The van der Waals surface area contributed by atoms with Gasteiger partial charge in [0.25, 0.3) is 0 Å². The van der Waals surface area contributed by atoms with Crippen molar-refractivity contribution in [2.75, 3.05) is 0 Å². The summed E-state index contributed by atoms with van der Waals surface area (Å²) < 4.78 is 2.96. The largest absolute Gasteiger partial charge is 0.337 e. The number of nitrogens with zero attached hydrogens (tertiary/aromatic N) is 1. The van der Waals surface area contributed by atoms with E-state index in [-0.39, 0.29) is 0 Å². The average molecular weight is 232 g/mol. The number of imidazole rings is 1. The summed E-state index contributed by atoms with van der Waals surface area (Å²) in [6.07, 6.45) is 1.99. The summed E-state index contributed by atoms with van der Waals surface area (Å²) in [4.78, 5) is 3.12. The molecule has 1 heterocycles. The highest BCUT2D eigenvalue weighted by atomic mass is 32.1. The van der Waals surface area contributed by atoms with Crippen LogP contribution in [-0.4, -0.2) is 9.55 Å². The molecule has 0 bridgehead atoms. The maximum Gasteiger partial charge on any atom is 0.177 e. The van der Waals surface area contributed by atoms with Crippen molar-refractivity contribution in [1.82, 2.24) is 9.55 Å². The van der Waals surface area contributed by atoms with Crippen LogP contribution in [-0.2, 0) is 6.54 Å². The molecule has 1 N–H and O–H groups in total. The molecule has 0 fully saturated rings. The molecule has 1 aromatic carbocycles. The number of aromatic nitrogens is 2. The molecule has 0 saturated carbocycles. The number of benzene rings is 1. The van der Waals surface area contributed by atoms with Crippen LogP contribution in [0.25, 0.3) is 11.3 Å². The molecule has 0 saturated heterocycles. The minimum atomic E-state index is 0.588. The summed E-state index contributed by atoms with van der Waals surface area (Å²) in [5.74, 6) is 0.588. The van der Waals surface area contributed by atoms with E-state index in [9.17, 15) is 0 Å². The molecule has 1 aromatic heterocycles. The molecule has 16 heavy (non-hydrogen) atoms. The zero-order chi connectivity index (χ0) is 11.5. The fourth-order valence-electron chi connectivity index (χ4n) is 1.79. The molecule has 0 unspecified atom stereocenters. The Balaban J connectivity index is 2.46. The standard InChI is InChI=1S/C13H16N2S/c1-10(2)9-15-12(8-14-13(15)16)11-6-4-3-5-7-11/h3-8,10H,9H2,1-2H3,(H,14,16). The zero-order valence-electron chi connectivity index (χ0n) is 9.60. The third-order valence-corrected chi connectivity index (χ3v) is 2.82. The molecular formula is C13H16N2S. The summed E-state index contributed by atoms with van der Waals surface area (Å²) in [7, 11) is 0. The second-order valence-electron chi connectivity index (χ2n) is 4.35. The predicted octanol–water partition coefficient (Wildman–Crippen LogP) is 3.87. The van der Waals surface area contributed by atoms with Crippen LogP contribution in [0.15, 0.2) is 36.5 Å².